The van der Waals surface area contributed by atoms with Gasteiger partial charge in [-0.1, -0.05) is 0 Å². The van der Waals surface area contributed by atoms with Crippen LogP contribution in [0, 0.1) is 0 Å². The van der Waals surface area contributed by atoms with Gasteiger partial charge in [0.25, 0.3) is 0 Å². The van der Waals surface area contributed by atoms with Crippen LogP contribution in [0.25, 0.3) is 5.78 Å². The van der Waals surface area contributed by atoms with Crippen LogP contribution in [0.4, 0.5) is 0 Å². The maximum absolute atomic E-state index is 4.61. The first kappa shape index (κ1) is 11.7. The van der Waals surface area contributed by atoms with Gasteiger partial charge in [0.05, 0.1) is 12.1 Å². The second kappa shape index (κ2) is 4.69. The third kappa shape index (κ3) is 2.12. The molecule has 96 valence electrons. The molecule has 1 aliphatic heterocycles. The van der Waals surface area contributed by atoms with Gasteiger partial charge >= 0.3 is 0 Å². The highest BCUT2D eigenvalue weighted by Crippen LogP contribution is 2.09. The minimum atomic E-state index is 0.742. The van der Waals surface area contributed by atoms with Crippen molar-refractivity contribution in [2.24, 2.45) is 0 Å². The van der Waals surface area contributed by atoms with E-state index in [9.17, 15) is 0 Å². The first-order chi connectivity index (χ1) is 8.74. The van der Waals surface area contributed by atoms with Crippen molar-refractivity contribution < 1.29 is 4.90 Å². The third-order valence-corrected chi connectivity index (χ3v) is 4.21. The second-order valence-corrected chi connectivity index (χ2v) is 5.54. The van der Waals surface area contributed by atoms with Gasteiger partial charge in [0.2, 0.25) is 5.78 Å². The van der Waals surface area contributed by atoms with Crippen LogP contribution in [0.5, 0.6) is 0 Å². The highest BCUT2D eigenvalue weighted by atomic mass is 15.2. The van der Waals surface area contributed by atoms with E-state index in [-0.39, 0.29) is 0 Å². The summed E-state index contributed by atoms with van der Waals surface area (Å²) in [4.78, 5) is 10.6. The number of nitrogens with zero attached hydrogens (tertiary/aromatic N) is 3. The lowest BCUT2D eigenvalue weighted by molar-refractivity contribution is -0.964. The molecule has 3 heterocycles. The smallest absolute Gasteiger partial charge is 0.234 e. The van der Waals surface area contributed by atoms with E-state index in [4.69, 9.17) is 0 Å². The van der Waals surface area contributed by atoms with E-state index in [1.54, 1.807) is 11.1 Å². The Morgan fingerprint density at radius 1 is 1.33 bits per heavy atom. The molecule has 0 saturated carbocycles. The highest BCUT2D eigenvalue weighted by molar-refractivity contribution is 5.29. The van der Waals surface area contributed by atoms with Gasteiger partial charge in [0, 0.05) is 18.6 Å². The second-order valence-electron chi connectivity index (χ2n) is 5.54. The Balaban J connectivity index is 1.82. The normalized spacial score (nSPS) is 25.7. The number of rotatable bonds is 2. The van der Waals surface area contributed by atoms with Gasteiger partial charge in [-0.3, -0.25) is 4.40 Å². The molecule has 4 nitrogen and oxygen atoms in total. The van der Waals surface area contributed by atoms with Gasteiger partial charge < -0.3 is 4.90 Å². The first-order valence-electron chi connectivity index (χ1n) is 6.88. The number of nitrogens with one attached hydrogen (secondary N) is 1. The number of hydrogen-bond donors (Lipinski definition) is 1. The lowest BCUT2D eigenvalue weighted by Crippen LogP contribution is -3.18. The van der Waals surface area contributed by atoms with Gasteiger partial charge in [-0.25, -0.2) is 9.97 Å². The van der Waals surface area contributed by atoms with E-state index >= 15 is 0 Å². The van der Waals surface area contributed by atoms with E-state index in [2.05, 4.69) is 30.0 Å². The topological polar surface area (TPSA) is 34.6 Å². The maximum atomic E-state index is 4.61. The van der Waals surface area contributed by atoms with Crippen LogP contribution in [-0.2, 0) is 6.54 Å². The first-order valence-corrected chi connectivity index (χ1v) is 6.88. The summed E-state index contributed by atoms with van der Waals surface area (Å²) in [6, 6.07) is 3.43. The summed E-state index contributed by atoms with van der Waals surface area (Å²) in [5.41, 5.74) is 1.16. The molecule has 3 rings (SSSR count). The summed E-state index contributed by atoms with van der Waals surface area (Å²) >= 11 is 0. The van der Waals surface area contributed by atoms with Gasteiger partial charge in [0.15, 0.2) is 0 Å². The highest BCUT2D eigenvalue weighted by Gasteiger charge is 2.29. The minimum absolute atomic E-state index is 0.742. The quantitative estimate of drug-likeness (QED) is 0.859. The Morgan fingerprint density at radius 3 is 2.83 bits per heavy atom. The summed E-state index contributed by atoms with van der Waals surface area (Å²) in [5.74, 6) is 0.809. The fourth-order valence-electron chi connectivity index (χ4n) is 3.11. The monoisotopic (exact) mass is 245 g/mol. The maximum Gasteiger partial charge on any atom is 0.234 e. The SMILES string of the molecule is C[C@@H]1CCC[C@@H](C)[NH+]1Cc1cn2cccnc2n1. The van der Waals surface area contributed by atoms with Crippen LogP contribution >= 0.6 is 0 Å². The molecule has 18 heavy (non-hydrogen) atoms. The fraction of sp³-hybridized carbons (Fsp3) is 0.571. The number of likely N-dealkylation sites (tertiary alicyclic amines) is 1. The van der Waals surface area contributed by atoms with E-state index in [0.717, 1.165) is 30.1 Å². The molecule has 0 aromatic carbocycles. The third-order valence-electron chi connectivity index (χ3n) is 4.21. The summed E-state index contributed by atoms with van der Waals surface area (Å²) in [6.07, 6.45) is 9.97. The van der Waals surface area contributed by atoms with Crippen molar-refractivity contribution >= 4 is 5.78 Å². The average molecular weight is 245 g/mol. The minimum Gasteiger partial charge on any atom is -0.325 e. The number of imidazole rings is 1. The molecule has 2 aromatic rings. The number of fused-ring (bicyclic) bond motifs is 1. The zero-order chi connectivity index (χ0) is 12.5. The van der Waals surface area contributed by atoms with E-state index in [1.807, 2.05) is 16.7 Å². The molecule has 0 spiro atoms. The van der Waals surface area contributed by atoms with Crippen molar-refractivity contribution in [3.05, 3.63) is 30.4 Å². The summed E-state index contributed by atoms with van der Waals surface area (Å²) in [5, 5.41) is 0. The largest absolute Gasteiger partial charge is 0.325 e. The zero-order valence-electron chi connectivity index (χ0n) is 11.1. The molecule has 0 bridgehead atoms. The van der Waals surface area contributed by atoms with Crippen molar-refractivity contribution in [3.8, 4) is 0 Å². The molecule has 0 radical (unpaired) electrons. The number of quaternary nitrogens is 1. The van der Waals surface area contributed by atoms with Gasteiger partial charge in [-0.2, -0.15) is 0 Å². The zero-order valence-corrected chi connectivity index (χ0v) is 11.1. The van der Waals surface area contributed by atoms with E-state index in [1.165, 1.54) is 19.3 Å². The fourth-order valence-corrected chi connectivity index (χ4v) is 3.11. The molecule has 1 aliphatic rings. The Labute approximate surface area is 108 Å². The van der Waals surface area contributed by atoms with Gasteiger partial charge in [0.1, 0.15) is 12.2 Å². The molecule has 0 amide bonds. The molecule has 0 aliphatic carbocycles. The summed E-state index contributed by atoms with van der Waals surface area (Å²) in [7, 11) is 0. The molecular formula is C14H21N4+. The number of hydrogen-bond acceptors (Lipinski definition) is 2. The van der Waals surface area contributed by atoms with Crippen LogP contribution in [0.15, 0.2) is 24.7 Å². The summed E-state index contributed by atoms with van der Waals surface area (Å²) in [6.45, 7) is 5.74. The number of aromatic nitrogens is 3. The molecular weight excluding hydrogens is 224 g/mol. The van der Waals surface area contributed by atoms with Crippen molar-refractivity contribution in [1.29, 1.82) is 0 Å². The van der Waals surface area contributed by atoms with Crippen molar-refractivity contribution in [3.63, 3.8) is 0 Å². The van der Waals surface area contributed by atoms with Gasteiger partial charge in [-0.15, -0.1) is 0 Å². The lowest BCUT2D eigenvalue weighted by Gasteiger charge is -2.35. The van der Waals surface area contributed by atoms with Gasteiger partial charge in [-0.05, 0) is 39.2 Å². The Morgan fingerprint density at radius 2 is 2.11 bits per heavy atom. The Kier molecular flexibility index (Phi) is 3.04. The molecule has 2 aromatic heterocycles. The molecule has 2 atom stereocenters. The van der Waals surface area contributed by atoms with Crippen LogP contribution in [0.2, 0.25) is 0 Å². The van der Waals surface area contributed by atoms with Crippen LogP contribution in [-0.4, -0.2) is 26.5 Å². The molecule has 4 heteroatoms. The van der Waals surface area contributed by atoms with E-state index < -0.39 is 0 Å². The Hall–Kier alpha value is -1.42. The molecule has 1 fully saturated rings. The van der Waals surface area contributed by atoms with Crippen molar-refractivity contribution in [2.45, 2.75) is 51.7 Å². The van der Waals surface area contributed by atoms with Crippen LogP contribution in [0.1, 0.15) is 38.8 Å². The predicted molar refractivity (Wildman–Crippen MR) is 70.4 cm³/mol. The Bertz CT molecular complexity index is 490. The van der Waals surface area contributed by atoms with E-state index in [0.29, 0.717) is 0 Å². The number of piperidine rings is 1. The van der Waals surface area contributed by atoms with Crippen LogP contribution < -0.4 is 4.90 Å². The molecule has 1 saturated heterocycles. The van der Waals surface area contributed by atoms with Crippen LogP contribution in [0.3, 0.4) is 0 Å². The molecule has 1 N–H and O–H groups in total. The molecule has 0 unspecified atom stereocenters. The average Bonchev–Trinajstić information content (AvgIpc) is 2.76. The standard InChI is InChI=1S/C14H20N4/c1-11-5-3-6-12(2)18(11)10-13-9-17-8-4-7-15-14(17)16-13/h4,7-9,11-12H,3,5-6,10H2,1-2H3/p+1/t11-,12-/m1/s1. The van der Waals surface area contributed by atoms with Crippen molar-refractivity contribution in [1.82, 2.24) is 14.4 Å². The van der Waals surface area contributed by atoms with Crippen molar-refractivity contribution in [2.75, 3.05) is 0 Å². The summed E-state index contributed by atoms with van der Waals surface area (Å²) < 4.78 is 2.01. The lowest BCUT2D eigenvalue weighted by atomic mass is 9.97. The predicted octanol–water partition coefficient (Wildman–Crippen LogP) is 1.08.